The third-order valence-electron chi connectivity index (χ3n) is 5.18. The van der Waals surface area contributed by atoms with Crippen LogP contribution >= 0.6 is 0 Å². The van der Waals surface area contributed by atoms with Crippen molar-refractivity contribution in [3.63, 3.8) is 0 Å². The van der Waals surface area contributed by atoms with E-state index in [-0.39, 0.29) is 30.5 Å². The Balaban J connectivity index is 1.90. The zero-order chi connectivity index (χ0) is 21.7. The topological polar surface area (TPSA) is 58.6 Å². The number of ether oxygens (including phenoxy) is 1. The van der Waals surface area contributed by atoms with Crippen molar-refractivity contribution >= 4 is 11.8 Å². The smallest absolute Gasteiger partial charge is 0.258 e. The third kappa shape index (κ3) is 5.41. The molecule has 0 spiro atoms. The molecule has 1 aliphatic rings. The number of carbonyl (C=O) groups excluding carboxylic acids is 2. The first-order valence-electron chi connectivity index (χ1n) is 10.7. The van der Waals surface area contributed by atoms with Gasteiger partial charge in [-0.25, -0.2) is 0 Å². The SMILES string of the molecule is CC(C)CC(=O)N1CCc2ccc(OCC(=O)NC(C)C)cc2C1c1ccccc1. The fourth-order valence-corrected chi connectivity index (χ4v) is 3.93. The summed E-state index contributed by atoms with van der Waals surface area (Å²) in [5, 5.41) is 2.83. The standard InChI is InChI=1S/C25H32N2O3/c1-17(2)14-24(29)27-13-12-19-10-11-21(30-16-23(28)26-18(3)4)15-22(19)25(27)20-8-6-5-7-9-20/h5-11,15,17-18,25H,12-14,16H2,1-4H3,(H,26,28). The first-order chi connectivity index (χ1) is 14.3. The summed E-state index contributed by atoms with van der Waals surface area (Å²) >= 11 is 0. The molecule has 2 amide bonds. The molecule has 0 radical (unpaired) electrons. The summed E-state index contributed by atoms with van der Waals surface area (Å²) in [6.45, 7) is 8.66. The van der Waals surface area contributed by atoms with Crippen LogP contribution in [0.1, 0.15) is 56.8 Å². The molecule has 1 aliphatic heterocycles. The first-order valence-corrected chi connectivity index (χ1v) is 10.7. The van der Waals surface area contributed by atoms with E-state index in [1.807, 2.05) is 49.1 Å². The number of fused-ring (bicyclic) bond motifs is 1. The van der Waals surface area contributed by atoms with Gasteiger partial charge in [-0.05, 0) is 55.0 Å². The Morgan fingerprint density at radius 3 is 2.50 bits per heavy atom. The largest absolute Gasteiger partial charge is 0.484 e. The van der Waals surface area contributed by atoms with E-state index in [1.165, 1.54) is 5.56 Å². The number of rotatable bonds is 7. The molecule has 1 N–H and O–H groups in total. The summed E-state index contributed by atoms with van der Waals surface area (Å²) in [6, 6.07) is 16.0. The van der Waals surface area contributed by atoms with Crippen LogP contribution < -0.4 is 10.1 Å². The molecule has 1 unspecified atom stereocenters. The molecule has 2 aromatic carbocycles. The molecule has 0 saturated heterocycles. The van der Waals surface area contributed by atoms with E-state index >= 15 is 0 Å². The summed E-state index contributed by atoms with van der Waals surface area (Å²) in [6.07, 6.45) is 1.35. The highest BCUT2D eigenvalue weighted by Gasteiger charge is 2.32. The molecule has 160 valence electrons. The van der Waals surface area contributed by atoms with Crippen LogP contribution in [0.5, 0.6) is 5.75 Å². The van der Waals surface area contributed by atoms with Crippen LogP contribution in [0.3, 0.4) is 0 Å². The predicted molar refractivity (Wildman–Crippen MR) is 118 cm³/mol. The fourth-order valence-electron chi connectivity index (χ4n) is 3.93. The Morgan fingerprint density at radius 2 is 1.83 bits per heavy atom. The van der Waals surface area contributed by atoms with Crippen LogP contribution in [0.2, 0.25) is 0 Å². The number of amides is 2. The van der Waals surface area contributed by atoms with Crippen LogP contribution in [0.25, 0.3) is 0 Å². The minimum absolute atomic E-state index is 0.0248. The highest BCUT2D eigenvalue weighted by Crippen LogP contribution is 2.37. The van der Waals surface area contributed by atoms with Crippen molar-refractivity contribution in [2.24, 2.45) is 5.92 Å². The van der Waals surface area contributed by atoms with Crippen molar-refractivity contribution in [2.45, 2.75) is 52.6 Å². The minimum atomic E-state index is -0.144. The quantitative estimate of drug-likeness (QED) is 0.750. The van der Waals surface area contributed by atoms with Crippen LogP contribution in [0.15, 0.2) is 48.5 Å². The number of carbonyl (C=O) groups is 2. The van der Waals surface area contributed by atoms with Crippen LogP contribution in [-0.4, -0.2) is 35.9 Å². The summed E-state index contributed by atoms with van der Waals surface area (Å²) < 4.78 is 5.76. The molecule has 0 aromatic heterocycles. The van der Waals surface area contributed by atoms with Gasteiger partial charge in [0.2, 0.25) is 5.91 Å². The first kappa shape index (κ1) is 21.9. The zero-order valence-corrected chi connectivity index (χ0v) is 18.4. The molecule has 5 nitrogen and oxygen atoms in total. The molecule has 1 heterocycles. The third-order valence-corrected chi connectivity index (χ3v) is 5.18. The zero-order valence-electron chi connectivity index (χ0n) is 18.4. The van der Waals surface area contributed by atoms with Crippen molar-refractivity contribution in [3.05, 3.63) is 65.2 Å². The molecular weight excluding hydrogens is 376 g/mol. The fraction of sp³-hybridized carbons (Fsp3) is 0.440. The molecule has 1 atom stereocenters. The summed E-state index contributed by atoms with van der Waals surface area (Å²) in [7, 11) is 0. The van der Waals surface area contributed by atoms with E-state index in [0.717, 1.165) is 17.5 Å². The average Bonchev–Trinajstić information content (AvgIpc) is 2.70. The Hall–Kier alpha value is -2.82. The van der Waals surface area contributed by atoms with Crippen LogP contribution in [0.4, 0.5) is 0 Å². The average molecular weight is 409 g/mol. The van der Waals surface area contributed by atoms with Gasteiger partial charge in [0.1, 0.15) is 5.75 Å². The Kier molecular flexibility index (Phi) is 7.14. The maximum absolute atomic E-state index is 13.0. The number of hydrogen-bond donors (Lipinski definition) is 1. The second kappa shape index (κ2) is 9.79. The molecule has 0 bridgehead atoms. The predicted octanol–water partition coefficient (Wildman–Crippen LogP) is 4.11. The van der Waals surface area contributed by atoms with E-state index in [2.05, 4.69) is 37.4 Å². The van der Waals surface area contributed by atoms with Gasteiger partial charge in [-0.1, -0.05) is 50.2 Å². The molecule has 0 aliphatic carbocycles. The Bertz CT molecular complexity index is 877. The van der Waals surface area contributed by atoms with Crippen LogP contribution in [0, 0.1) is 5.92 Å². The number of benzene rings is 2. The normalized spacial score (nSPS) is 15.8. The summed E-state index contributed by atoms with van der Waals surface area (Å²) in [4.78, 5) is 27.0. The lowest BCUT2D eigenvalue weighted by Crippen LogP contribution is -2.41. The minimum Gasteiger partial charge on any atom is -0.484 e. The van der Waals surface area contributed by atoms with Gasteiger partial charge < -0.3 is 15.0 Å². The van der Waals surface area contributed by atoms with E-state index in [4.69, 9.17) is 4.74 Å². The van der Waals surface area contributed by atoms with Crippen LogP contribution in [-0.2, 0) is 16.0 Å². The number of nitrogens with one attached hydrogen (secondary N) is 1. The maximum Gasteiger partial charge on any atom is 0.258 e. The molecule has 3 rings (SSSR count). The second-order valence-electron chi connectivity index (χ2n) is 8.62. The maximum atomic E-state index is 13.0. The van der Waals surface area contributed by atoms with Crippen molar-refractivity contribution in [1.82, 2.24) is 10.2 Å². The molecule has 0 saturated carbocycles. The molecule has 30 heavy (non-hydrogen) atoms. The van der Waals surface area contributed by atoms with Crippen molar-refractivity contribution in [2.75, 3.05) is 13.2 Å². The second-order valence-corrected chi connectivity index (χ2v) is 8.62. The lowest BCUT2D eigenvalue weighted by atomic mass is 9.87. The highest BCUT2D eigenvalue weighted by atomic mass is 16.5. The van der Waals surface area contributed by atoms with Gasteiger partial charge in [-0.3, -0.25) is 9.59 Å². The van der Waals surface area contributed by atoms with Crippen molar-refractivity contribution in [1.29, 1.82) is 0 Å². The van der Waals surface area contributed by atoms with E-state index in [1.54, 1.807) is 0 Å². The highest BCUT2D eigenvalue weighted by molar-refractivity contribution is 5.78. The van der Waals surface area contributed by atoms with Crippen molar-refractivity contribution < 1.29 is 14.3 Å². The van der Waals surface area contributed by atoms with Gasteiger partial charge in [0.25, 0.3) is 5.91 Å². The lowest BCUT2D eigenvalue weighted by Gasteiger charge is -2.38. The number of hydrogen-bond acceptors (Lipinski definition) is 3. The molecular formula is C25H32N2O3. The molecule has 2 aromatic rings. The molecule has 0 fully saturated rings. The van der Waals surface area contributed by atoms with Gasteiger partial charge in [-0.15, -0.1) is 0 Å². The Morgan fingerprint density at radius 1 is 1.10 bits per heavy atom. The monoisotopic (exact) mass is 408 g/mol. The summed E-state index contributed by atoms with van der Waals surface area (Å²) in [5.74, 6) is 0.986. The van der Waals surface area contributed by atoms with Gasteiger partial charge in [0.05, 0.1) is 6.04 Å². The van der Waals surface area contributed by atoms with Gasteiger partial charge in [0.15, 0.2) is 6.61 Å². The molecule has 5 heteroatoms. The summed E-state index contributed by atoms with van der Waals surface area (Å²) in [5.41, 5.74) is 3.38. The lowest BCUT2D eigenvalue weighted by molar-refractivity contribution is -0.134. The van der Waals surface area contributed by atoms with E-state index in [0.29, 0.717) is 24.6 Å². The van der Waals surface area contributed by atoms with Gasteiger partial charge in [0, 0.05) is 19.0 Å². The Labute approximate surface area is 179 Å². The van der Waals surface area contributed by atoms with Gasteiger partial charge in [-0.2, -0.15) is 0 Å². The van der Waals surface area contributed by atoms with E-state index in [9.17, 15) is 9.59 Å². The van der Waals surface area contributed by atoms with Gasteiger partial charge >= 0.3 is 0 Å². The van der Waals surface area contributed by atoms with Crippen molar-refractivity contribution in [3.8, 4) is 5.75 Å². The van der Waals surface area contributed by atoms with E-state index < -0.39 is 0 Å². The number of nitrogens with zero attached hydrogens (tertiary/aromatic N) is 1.